The second-order valence-electron chi connectivity index (χ2n) is 3.84. The van der Waals surface area contributed by atoms with Crippen molar-refractivity contribution in [2.75, 3.05) is 7.11 Å². The summed E-state index contributed by atoms with van der Waals surface area (Å²) in [6, 6.07) is 2.14. The molecule has 0 fully saturated rings. The molecular formula is C12H17NO2. The van der Waals surface area contributed by atoms with Crippen LogP contribution in [0.3, 0.4) is 0 Å². The Kier molecular flexibility index (Phi) is 3.90. The Morgan fingerprint density at radius 2 is 2.40 bits per heavy atom. The van der Waals surface area contributed by atoms with Crippen molar-refractivity contribution in [2.45, 2.75) is 39.0 Å². The van der Waals surface area contributed by atoms with E-state index in [0.717, 1.165) is 31.3 Å². The van der Waals surface area contributed by atoms with Crippen LogP contribution in [0.2, 0.25) is 0 Å². The van der Waals surface area contributed by atoms with Gasteiger partial charge in [0.2, 0.25) is 0 Å². The van der Waals surface area contributed by atoms with Crippen molar-refractivity contribution < 1.29 is 9.53 Å². The molecule has 0 amide bonds. The third-order valence-electron chi connectivity index (χ3n) is 3.09. The summed E-state index contributed by atoms with van der Waals surface area (Å²) >= 11 is 0. The van der Waals surface area contributed by atoms with Crippen LogP contribution < -0.4 is 0 Å². The van der Waals surface area contributed by atoms with Crippen LogP contribution in [0.25, 0.3) is 0 Å². The number of carbonyl (C=O) groups is 1. The first-order valence-electron chi connectivity index (χ1n) is 5.40. The van der Waals surface area contributed by atoms with Crippen LogP contribution in [0.5, 0.6) is 0 Å². The highest BCUT2D eigenvalue weighted by molar-refractivity contribution is 5.83. The second-order valence-corrected chi connectivity index (χ2v) is 3.84. The Hall–Kier alpha value is -1.30. The number of ether oxygens (including phenoxy) is 1. The normalized spacial score (nSPS) is 19.7. The van der Waals surface area contributed by atoms with Crippen molar-refractivity contribution in [2.24, 2.45) is 5.41 Å². The molecule has 0 aromatic rings. The lowest BCUT2D eigenvalue weighted by Gasteiger charge is -2.27. The SMILES string of the molecule is CCC(C#N)(C(=O)OC)C1=CCCCC1. The molecule has 0 heterocycles. The third kappa shape index (κ3) is 2.04. The summed E-state index contributed by atoms with van der Waals surface area (Å²) in [7, 11) is 1.34. The van der Waals surface area contributed by atoms with E-state index in [4.69, 9.17) is 4.74 Å². The highest BCUT2D eigenvalue weighted by Gasteiger charge is 2.41. The van der Waals surface area contributed by atoms with E-state index in [1.807, 2.05) is 13.0 Å². The zero-order valence-electron chi connectivity index (χ0n) is 9.38. The lowest BCUT2D eigenvalue weighted by Crippen LogP contribution is -2.33. The van der Waals surface area contributed by atoms with E-state index in [2.05, 4.69) is 6.07 Å². The van der Waals surface area contributed by atoms with Gasteiger partial charge in [-0.1, -0.05) is 13.0 Å². The summed E-state index contributed by atoms with van der Waals surface area (Å²) in [5.74, 6) is -0.416. The highest BCUT2D eigenvalue weighted by Crippen LogP contribution is 2.37. The molecule has 1 aliphatic rings. The van der Waals surface area contributed by atoms with Crippen molar-refractivity contribution in [1.29, 1.82) is 5.26 Å². The van der Waals surface area contributed by atoms with Crippen molar-refractivity contribution in [3.63, 3.8) is 0 Å². The smallest absolute Gasteiger partial charge is 0.330 e. The maximum atomic E-state index is 11.7. The predicted molar refractivity (Wildman–Crippen MR) is 56.9 cm³/mol. The summed E-state index contributed by atoms with van der Waals surface area (Å²) in [4.78, 5) is 11.7. The minimum atomic E-state index is -1.03. The van der Waals surface area contributed by atoms with Gasteiger partial charge in [-0.15, -0.1) is 0 Å². The maximum absolute atomic E-state index is 11.7. The minimum Gasteiger partial charge on any atom is -0.468 e. The van der Waals surface area contributed by atoms with Crippen molar-refractivity contribution in [3.8, 4) is 6.07 Å². The monoisotopic (exact) mass is 207 g/mol. The number of allylic oxidation sites excluding steroid dienone is 1. The van der Waals surface area contributed by atoms with Gasteiger partial charge in [0.1, 0.15) is 0 Å². The Morgan fingerprint density at radius 3 is 2.80 bits per heavy atom. The molecule has 15 heavy (non-hydrogen) atoms. The molecule has 1 aliphatic carbocycles. The molecule has 0 aromatic carbocycles. The lowest BCUT2D eigenvalue weighted by atomic mass is 9.74. The van der Waals surface area contributed by atoms with Gasteiger partial charge in [0.05, 0.1) is 13.2 Å². The minimum absolute atomic E-state index is 0.416. The molecule has 0 radical (unpaired) electrons. The predicted octanol–water partition coefficient (Wildman–Crippen LogP) is 2.58. The summed E-state index contributed by atoms with van der Waals surface area (Å²) in [5.41, 5.74) is -0.0829. The first kappa shape index (κ1) is 11.8. The molecule has 1 unspecified atom stereocenters. The van der Waals surface area contributed by atoms with E-state index in [1.165, 1.54) is 7.11 Å². The van der Waals surface area contributed by atoms with Gasteiger partial charge in [0.25, 0.3) is 0 Å². The molecule has 82 valence electrons. The highest BCUT2D eigenvalue weighted by atomic mass is 16.5. The average Bonchev–Trinajstić information content (AvgIpc) is 2.32. The molecule has 3 nitrogen and oxygen atoms in total. The van der Waals surface area contributed by atoms with Gasteiger partial charge >= 0.3 is 5.97 Å². The average molecular weight is 207 g/mol. The number of methoxy groups -OCH3 is 1. The molecule has 0 saturated heterocycles. The van der Waals surface area contributed by atoms with Gasteiger partial charge < -0.3 is 4.74 Å². The zero-order chi connectivity index (χ0) is 11.3. The molecule has 1 rings (SSSR count). The fourth-order valence-corrected chi connectivity index (χ4v) is 2.10. The van der Waals surface area contributed by atoms with Crippen LogP contribution >= 0.6 is 0 Å². The van der Waals surface area contributed by atoms with Gasteiger partial charge in [-0.2, -0.15) is 5.26 Å². The first-order valence-corrected chi connectivity index (χ1v) is 5.40. The van der Waals surface area contributed by atoms with Crippen LogP contribution in [0, 0.1) is 16.7 Å². The molecule has 0 saturated carbocycles. The molecule has 1 atom stereocenters. The van der Waals surface area contributed by atoms with E-state index in [0.29, 0.717) is 6.42 Å². The summed E-state index contributed by atoms with van der Waals surface area (Å²) in [5, 5.41) is 9.24. The van der Waals surface area contributed by atoms with Crippen LogP contribution in [-0.4, -0.2) is 13.1 Å². The number of nitriles is 1. The van der Waals surface area contributed by atoms with Gasteiger partial charge in [-0.05, 0) is 37.7 Å². The number of carbonyl (C=O) groups excluding carboxylic acids is 1. The van der Waals surface area contributed by atoms with Gasteiger partial charge in [0, 0.05) is 0 Å². The first-order chi connectivity index (χ1) is 7.21. The Labute approximate surface area is 90.7 Å². The van der Waals surface area contributed by atoms with E-state index >= 15 is 0 Å². The number of esters is 1. The number of nitrogens with zero attached hydrogens (tertiary/aromatic N) is 1. The van der Waals surface area contributed by atoms with E-state index in [1.54, 1.807) is 0 Å². The lowest BCUT2D eigenvalue weighted by molar-refractivity contribution is -0.147. The van der Waals surface area contributed by atoms with E-state index in [9.17, 15) is 10.1 Å². The molecule has 0 aliphatic heterocycles. The number of hydrogen-bond acceptors (Lipinski definition) is 3. The molecule has 0 N–H and O–H groups in total. The Morgan fingerprint density at radius 1 is 1.67 bits per heavy atom. The second kappa shape index (κ2) is 4.97. The fourth-order valence-electron chi connectivity index (χ4n) is 2.10. The van der Waals surface area contributed by atoms with Crippen LogP contribution in [0.15, 0.2) is 11.6 Å². The molecule has 3 heteroatoms. The summed E-state index contributed by atoms with van der Waals surface area (Å²) < 4.78 is 4.75. The van der Waals surface area contributed by atoms with Crippen molar-refractivity contribution in [1.82, 2.24) is 0 Å². The summed E-state index contributed by atoms with van der Waals surface area (Å²) in [6.07, 6.45) is 6.55. The number of hydrogen-bond donors (Lipinski definition) is 0. The topological polar surface area (TPSA) is 50.1 Å². The molecule has 0 spiro atoms. The molecule has 0 aromatic heterocycles. The molecular weight excluding hydrogens is 190 g/mol. The quantitative estimate of drug-likeness (QED) is 0.528. The summed E-state index contributed by atoms with van der Waals surface area (Å²) in [6.45, 7) is 1.86. The van der Waals surface area contributed by atoms with Crippen LogP contribution in [0.1, 0.15) is 39.0 Å². The van der Waals surface area contributed by atoms with Crippen molar-refractivity contribution >= 4 is 5.97 Å². The molecule has 0 bridgehead atoms. The third-order valence-corrected chi connectivity index (χ3v) is 3.09. The number of rotatable bonds is 3. The largest absolute Gasteiger partial charge is 0.468 e. The van der Waals surface area contributed by atoms with Gasteiger partial charge in [-0.3, -0.25) is 0 Å². The standard InChI is InChI=1S/C12H17NO2/c1-3-12(9-13,11(14)15-2)10-7-5-4-6-8-10/h7H,3-6,8H2,1-2H3. The van der Waals surface area contributed by atoms with Crippen LogP contribution in [-0.2, 0) is 9.53 Å². The Bertz CT molecular complexity index is 314. The van der Waals surface area contributed by atoms with Crippen molar-refractivity contribution in [3.05, 3.63) is 11.6 Å². The Balaban J connectivity index is 3.05. The van der Waals surface area contributed by atoms with Gasteiger partial charge in [-0.25, -0.2) is 4.79 Å². The maximum Gasteiger partial charge on any atom is 0.330 e. The van der Waals surface area contributed by atoms with Gasteiger partial charge in [0.15, 0.2) is 5.41 Å². The van der Waals surface area contributed by atoms with Crippen LogP contribution in [0.4, 0.5) is 0 Å². The fraction of sp³-hybridized carbons (Fsp3) is 0.667. The zero-order valence-corrected chi connectivity index (χ0v) is 9.38. The van der Waals surface area contributed by atoms with E-state index < -0.39 is 11.4 Å². The van der Waals surface area contributed by atoms with E-state index in [-0.39, 0.29) is 0 Å².